The minimum absolute atomic E-state index is 0.725. The Morgan fingerprint density at radius 1 is 1.39 bits per heavy atom. The topological polar surface area (TPSA) is 34.1 Å². The van der Waals surface area contributed by atoms with Crippen LogP contribution >= 0.6 is 27.3 Å². The van der Waals surface area contributed by atoms with Gasteiger partial charge in [-0.3, -0.25) is 0 Å². The maximum absolute atomic E-state index is 4.98. The first-order chi connectivity index (χ1) is 8.81. The second-order valence-electron chi connectivity index (χ2n) is 3.78. The average molecular weight is 327 g/mol. The number of hydrogen-bond acceptors (Lipinski definition) is 4. The van der Waals surface area contributed by atoms with E-state index in [9.17, 15) is 0 Å². The molecule has 1 heterocycles. The van der Waals surface area contributed by atoms with Gasteiger partial charge in [0.1, 0.15) is 5.01 Å². The van der Waals surface area contributed by atoms with E-state index in [2.05, 4.69) is 37.7 Å². The molecular formula is C13H15BrN2OS. The Morgan fingerprint density at radius 3 is 3.00 bits per heavy atom. The van der Waals surface area contributed by atoms with Gasteiger partial charge in [0.2, 0.25) is 0 Å². The van der Waals surface area contributed by atoms with Crippen LogP contribution in [0.3, 0.4) is 0 Å². The van der Waals surface area contributed by atoms with E-state index >= 15 is 0 Å². The lowest BCUT2D eigenvalue weighted by atomic mass is 10.2. The Labute approximate surface area is 119 Å². The first kappa shape index (κ1) is 13.7. The maximum atomic E-state index is 4.98. The minimum atomic E-state index is 0.725. The van der Waals surface area contributed by atoms with Crippen molar-refractivity contribution >= 4 is 27.3 Å². The number of aromatic nitrogens is 1. The fourth-order valence-electron chi connectivity index (χ4n) is 1.55. The first-order valence-corrected chi connectivity index (χ1v) is 7.37. The van der Waals surface area contributed by atoms with Gasteiger partial charge in [-0.05, 0) is 6.07 Å². The van der Waals surface area contributed by atoms with Crippen LogP contribution < -0.4 is 5.32 Å². The van der Waals surface area contributed by atoms with Crippen LogP contribution in [0.1, 0.15) is 5.01 Å². The van der Waals surface area contributed by atoms with Crippen LogP contribution in [0.4, 0.5) is 0 Å². The molecule has 0 bridgehead atoms. The molecule has 0 aliphatic carbocycles. The lowest BCUT2D eigenvalue weighted by Crippen LogP contribution is -2.18. The quantitative estimate of drug-likeness (QED) is 0.827. The van der Waals surface area contributed by atoms with Crippen molar-refractivity contribution in [2.24, 2.45) is 0 Å². The van der Waals surface area contributed by atoms with Crippen LogP contribution in [0.15, 0.2) is 34.1 Å². The van der Waals surface area contributed by atoms with Crippen molar-refractivity contribution in [3.8, 4) is 11.3 Å². The first-order valence-electron chi connectivity index (χ1n) is 5.70. The third kappa shape index (κ3) is 3.62. The Hall–Kier alpha value is -0.750. The molecule has 0 amide bonds. The summed E-state index contributed by atoms with van der Waals surface area (Å²) < 4.78 is 6.06. The van der Waals surface area contributed by atoms with Gasteiger partial charge in [-0.25, -0.2) is 4.98 Å². The largest absolute Gasteiger partial charge is 0.383 e. The number of halogens is 1. The molecular weight excluding hydrogens is 312 g/mol. The minimum Gasteiger partial charge on any atom is -0.383 e. The molecule has 5 heteroatoms. The third-order valence-electron chi connectivity index (χ3n) is 2.46. The van der Waals surface area contributed by atoms with Crippen molar-refractivity contribution in [1.82, 2.24) is 10.3 Å². The molecule has 0 saturated heterocycles. The summed E-state index contributed by atoms with van der Waals surface area (Å²) in [6.45, 7) is 2.36. The number of nitrogens with one attached hydrogen (secondary N) is 1. The Morgan fingerprint density at radius 2 is 2.22 bits per heavy atom. The van der Waals surface area contributed by atoms with Gasteiger partial charge in [0.25, 0.3) is 0 Å². The van der Waals surface area contributed by atoms with Crippen molar-refractivity contribution in [2.75, 3.05) is 20.3 Å². The van der Waals surface area contributed by atoms with E-state index in [4.69, 9.17) is 4.74 Å². The van der Waals surface area contributed by atoms with Gasteiger partial charge in [0.15, 0.2) is 0 Å². The van der Waals surface area contributed by atoms with Crippen LogP contribution in [-0.4, -0.2) is 25.2 Å². The van der Waals surface area contributed by atoms with E-state index in [1.54, 1.807) is 18.4 Å². The van der Waals surface area contributed by atoms with Gasteiger partial charge in [-0.15, -0.1) is 11.3 Å². The van der Waals surface area contributed by atoms with Crippen molar-refractivity contribution in [2.45, 2.75) is 6.54 Å². The monoisotopic (exact) mass is 326 g/mol. The molecule has 3 nitrogen and oxygen atoms in total. The fraction of sp³-hybridized carbons (Fsp3) is 0.308. The molecule has 0 saturated carbocycles. The second kappa shape index (κ2) is 6.99. The number of hydrogen-bond donors (Lipinski definition) is 1. The number of methoxy groups -OCH3 is 1. The van der Waals surface area contributed by atoms with Crippen molar-refractivity contribution in [1.29, 1.82) is 0 Å². The summed E-state index contributed by atoms with van der Waals surface area (Å²) in [4.78, 5) is 4.62. The average Bonchev–Trinajstić information content (AvgIpc) is 2.84. The smallest absolute Gasteiger partial charge is 0.107 e. The number of nitrogens with zero attached hydrogens (tertiary/aromatic N) is 1. The molecule has 0 atom stereocenters. The summed E-state index contributed by atoms with van der Waals surface area (Å²) in [5.41, 5.74) is 2.16. The molecule has 96 valence electrons. The molecule has 0 fully saturated rings. The third-order valence-corrected chi connectivity index (χ3v) is 4.00. The normalized spacial score (nSPS) is 10.8. The lowest BCUT2D eigenvalue weighted by Gasteiger charge is -2.01. The zero-order valence-electron chi connectivity index (χ0n) is 10.1. The molecule has 1 N–H and O–H groups in total. The Kier molecular flexibility index (Phi) is 5.31. The van der Waals surface area contributed by atoms with Gasteiger partial charge < -0.3 is 10.1 Å². The second-order valence-corrected chi connectivity index (χ2v) is 5.57. The Bertz CT molecular complexity index is 501. The number of benzene rings is 1. The predicted molar refractivity (Wildman–Crippen MR) is 78.8 cm³/mol. The highest BCUT2D eigenvalue weighted by molar-refractivity contribution is 9.10. The SMILES string of the molecule is COCCNCc1nc(-c2ccccc2Br)cs1. The zero-order valence-corrected chi connectivity index (χ0v) is 12.6. The lowest BCUT2D eigenvalue weighted by molar-refractivity contribution is 0.199. The van der Waals surface area contributed by atoms with Crippen LogP contribution in [0, 0.1) is 0 Å². The van der Waals surface area contributed by atoms with Crippen LogP contribution in [0.2, 0.25) is 0 Å². The van der Waals surface area contributed by atoms with Crippen LogP contribution in [-0.2, 0) is 11.3 Å². The van der Waals surface area contributed by atoms with E-state index < -0.39 is 0 Å². The highest BCUT2D eigenvalue weighted by Crippen LogP contribution is 2.28. The highest BCUT2D eigenvalue weighted by Gasteiger charge is 2.06. The summed E-state index contributed by atoms with van der Waals surface area (Å²) in [7, 11) is 1.70. The van der Waals surface area contributed by atoms with E-state index in [0.29, 0.717) is 0 Å². The van der Waals surface area contributed by atoms with E-state index in [1.807, 2.05) is 18.2 Å². The van der Waals surface area contributed by atoms with Crippen LogP contribution in [0.5, 0.6) is 0 Å². The summed E-state index contributed by atoms with van der Waals surface area (Å²) in [5.74, 6) is 0. The molecule has 2 aromatic rings. The van der Waals surface area contributed by atoms with E-state index in [1.165, 1.54) is 0 Å². The molecule has 0 spiro atoms. The molecule has 1 aromatic carbocycles. The fourth-order valence-corrected chi connectivity index (χ4v) is 2.81. The molecule has 18 heavy (non-hydrogen) atoms. The van der Waals surface area contributed by atoms with Gasteiger partial charge in [0, 0.05) is 35.6 Å². The number of rotatable bonds is 6. The molecule has 1 aromatic heterocycles. The maximum Gasteiger partial charge on any atom is 0.107 e. The summed E-state index contributed by atoms with van der Waals surface area (Å²) >= 11 is 5.22. The van der Waals surface area contributed by atoms with Crippen LogP contribution in [0.25, 0.3) is 11.3 Å². The van der Waals surface area contributed by atoms with Gasteiger partial charge >= 0.3 is 0 Å². The molecule has 0 aliphatic heterocycles. The van der Waals surface area contributed by atoms with Crippen molar-refractivity contribution in [3.05, 3.63) is 39.1 Å². The number of thiazole rings is 1. The summed E-state index contributed by atoms with van der Waals surface area (Å²) in [6, 6.07) is 8.13. The summed E-state index contributed by atoms with van der Waals surface area (Å²) in [5, 5.41) is 6.48. The van der Waals surface area contributed by atoms with Crippen molar-refractivity contribution in [3.63, 3.8) is 0 Å². The predicted octanol–water partition coefficient (Wildman–Crippen LogP) is 3.31. The standard InChI is InChI=1S/C13H15BrN2OS/c1-17-7-6-15-8-13-16-12(9-18-13)10-4-2-3-5-11(10)14/h2-5,9,15H,6-8H2,1H3. The van der Waals surface area contributed by atoms with E-state index in [0.717, 1.165) is 40.4 Å². The van der Waals surface area contributed by atoms with E-state index in [-0.39, 0.29) is 0 Å². The number of ether oxygens (including phenoxy) is 1. The molecule has 0 radical (unpaired) electrons. The zero-order chi connectivity index (χ0) is 12.8. The van der Waals surface area contributed by atoms with Gasteiger partial charge in [-0.1, -0.05) is 34.1 Å². The van der Waals surface area contributed by atoms with Crippen molar-refractivity contribution < 1.29 is 4.74 Å². The molecule has 2 rings (SSSR count). The van der Waals surface area contributed by atoms with Gasteiger partial charge in [0.05, 0.1) is 12.3 Å². The molecule has 0 unspecified atom stereocenters. The Balaban J connectivity index is 2.00. The molecule has 0 aliphatic rings. The summed E-state index contributed by atoms with van der Waals surface area (Å²) in [6.07, 6.45) is 0. The highest BCUT2D eigenvalue weighted by atomic mass is 79.9. The van der Waals surface area contributed by atoms with Gasteiger partial charge in [-0.2, -0.15) is 0 Å².